The van der Waals surface area contributed by atoms with E-state index in [1.807, 2.05) is 0 Å². The second kappa shape index (κ2) is 5.05. The molecule has 0 aromatic heterocycles. The molecule has 2 unspecified atom stereocenters. The highest BCUT2D eigenvalue weighted by Gasteiger charge is 2.34. The van der Waals surface area contributed by atoms with E-state index in [1.54, 1.807) is 0 Å². The quantitative estimate of drug-likeness (QED) is 0.606. The number of hydrogen-bond donors (Lipinski definition) is 3. The number of carboxylic acid groups (broad SMARTS) is 1. The maximum Gasteiger partial charge on any atom is 0.304 e. The van der Waals surface area contributed by atoms with E-state index in [0.29, 0.717) is 19.4 Å². The second-order valence-electron chi connectivity index (χ2n) is 3.16. The molecular weight excluding hydrogens is 214 g/mol. The van der Waals surface area contributed by atoms with Crippen LogP contribution in [0.1, 0.15) is 19.3 Å². The molecule has 0 spiro atoms. The van der Waals surface area contributed by atoms with Gasteiger partial charge in [-0.25, -0.2) is 0 Å². The molecule has 13 heavy (non-hydrogen) atoms. The predicted octanol–water partition coefficient (Wildman–Crippen LogP) is 0.647. The van der Waals surface area contributed by atoms with Crippen molar-refractivity contribution in [2.24, 2.45) is 5.73 Å². The summed E-state index contributed by atoms with van der Waals surface area (Å²) in [7, 11) is 0. The van der Waals surface area contributed by atoms with Crippen LogP contribution in [0.2, 0.25) is 0 Å². The number of aliphatic carboxylic acids is 1. The zero-order chi connectivity index (χ0) is 9.19. The van der Waals surface area contributed by atoms with Crippen LogP contribution in [-0.4, -0.2) is 28.7 Å². The van der Waals surface area contributed by atoms with Gasteiger partial charge in [0.05, 0.1) is 6.42 Å². The van der Waals surface area contributed by atoms with E-state index in [2.05, 4.69) is 12.6 Å². The fourth-order valence-corrected chi connectivity index (χ4v) is 1.78. The highest BCUT2D eigenvalue weighted by molar-refractivity contribution is 7.81. The fourth-order valence-electron chi connectivity index (χ4n) is 1.38. The molecule has 1 fully saturated rings. The summed E-state index contributed by atoms with van der Waals surface area (Å²) >= 11 is 4.31. The van der Waals surface area contributed by atoms with Gasteiger partial charge in [-0.1, -0.05) is 0 Å². The first-order valence-electron chi connectivity index (χ1n) is 3.83. The number of carbonyl (C=O) groups is 1. The van der Waals surface area contributed by atoms with Crippen LogP contribution >= 0.6 is 25.0 Å². The van der Waals surface area contributed by atoms with E-state index in [9.17, 15) is 4.79 Å². The summed E-state index contributed by atoms with van der Waals surface area (Å²) in [6.45, 7) is 0.498. The van der Waals surface area contributed by atoms with Gasteiger partial charge in [0.1, 0.15) is 6.23 Å². The van der Waals surface area contributed by atoms with Crippen LogP contribution in [0.15, 0.2) is 0 Å². The van der Waals surface area contributed by atoms with Crippen molar-refractivity contribution in [3.8, 4) is 0 Å². The van der Waals surface area contributed by atoms with Crippen molar-refractivity contribution < 1.29 is 14.6 Å². The molecule has 1 aliphatic rings. The zero-order valence-corrected chi connectivity index (χ0v) is 8.81. The van der Waals surface area contributed by atoms with Gasteiger partial charge in [-0.05, 0) is 6.42 Å². The molecular formula is C7H14ClNO3S. The third kappa shape index (κ3) is 4.17. The molecule has 1 heterocycles. The molecule has 1 aliphatic heterocycles. The number of thiol groups is 1. The van der Waals surface area contributed by atoms with Crippen LogP contribution < -0.4 is 5.73 Å². The normalized spacial score (nSPS) is 33.5. The summed E-state index contributed by atoms with van der Waals surface area (Å²) in [5.41, 5.74) is 5.52. The monoisotopic (exact) mass is 227 g/mol. The van der Waals surface area contributed by atoms with E-state index in [0.717, 1.165) is 0 Å². The average molecular weight is 228 g/mol. The van der Waals surface area contributed by atoms with Gasteiger partial charge in [0, 0.05) is 17.8 Å². The lowest BCUT2D eigenvalue weighted by Gasteiger charge is -2.34. The number of nitrogens with two attached hydrogens (primary N) is 1. The Hall–Kier alpha value is 0.0300. The van der Waals surface area contributed by atoms with E-state index in [1.165, 1.54) is 0 Å². The summed E-state index contributed by atoms with van der Waals surface area (Å²) in [6.07, 6.45) is 0.835. The Kier molecular flexibility index (Phi) is 5.06. The summed E-state index contributed by atoms with van der Waals surface area (Å²) in [5.74, 6) is -0.834. The van der Waals surface area contributed by atoms with Gasteiger partial charge in [0.25, 0.3) is 0 Å². The Labute approximate surface area is 88.6 Å². The predicted molar refractivity (Wildman–Crippen MR) is 54.4 cm³/mol. The third-order valence-electron chi connectivity index (χ3n) is 1.96. The average Bonchev–Trinajstić information content (AvgIpc) is 1.82. The third-order valence-corrected chi connectivity index (χ3v) is 2.53. The van der Waals surface area contributed by atoms with Crippen molar-refractivity contribution in [3.63, 3.8) is 0 Å². The van der Waals surface area contributed by atoms with Gasteiger partial charge in [-0.15, -0.1) is 12.4 Å². The van der Waals surface area contributed by atoms with E-state index in [-0.39, 0.29) is 25.1 Å². The lowest BCUT2D eigenvalue weighted by molar-refractivity contribution is -0.138. The minimum absolute atomic E-state index is 0. The van der Waals surface area contributed by atoms with Crippen LogP contribution in [-0.2, 0) is 9.53 Å². The number of halogens is 1. The number of rotatable bonds is 2. The lowest BCUT2D eigenvalue weighted by Crippen LogP contribution is -2.42. The molecule has 4 nitrogen and oxygen atoms in total. The van der Waals surface area contributed by atoms with Crippen molar-refractivity contribution in [2.75, 3.05) is 6.61 Å². The van der Waals surface area contributed by atoms with Crippen LogP contribution in [0.3, 0.4) is 0 Å². The standard InChI is InChI=1S/C7H13NO3S.ClH/c8-5-3-7(12,1-2-11-5)4-6(9)10;/h5,12H,1-4,8H2,(H,9,10);1H. The molecule has 1 rings (SSSR count). The highest BCUT2D eigenvalue weighted by Crippen LogP contribution is 2.32. The van der Waals surface area contributed by atoms with Crippen molar-refractivity contribution in [1.82, 2.24) is 0 Å². The van der Waals surface area contributed by atoms with Crippen molar-refractivity contribution in [3.05, 3.63) is 0 Å². The lowest BCUT2D eigenvalue weighted by atomic mass is 9.94. The van der Waals surface area contributed by atoms with Gasteiger partial charge in [-0.3, -0.25) is 4.79 Å². The van der Waals surface area contributed by atoms with Crippen LogP contribution in [0.25, 0.3) is 0 Å². The molecule has 0 aromatic carbocycles. The fraction of sp³-hybridized carbons (Fsp3) is 0.857. The van der Waals surface area contributed by atoms with Gasteiger partial charge in [-0.2, -0.15) is 12.6 Å². The summed E-state index contributed by atoms with van der Waals surface area (Å²) in [6, 6.07) is 0. The molecule has 6 heteroatoms. The van der Waals surface area contributed by atoms with Crippen LogP contribution in [0.4, 0.5) is 0 Å². The van der Waals surface area contributed by atoms with Gasteiger partial charge < -0.3 is 15.6 Å². The molecule has 2 atom stereocenters. The van der Waals surface area contributed by atoms with E-state index < -0.39 is 10.7 Å². The minimum atomic E-state index is -0.834. The topological polar surface area (TPSA) is 72.6 Å². The highest BCUT2D eigenvalue weighted by atomic mass is 35.5. The molecule has 78 valence electrons. The van der Waals surface area contributed by atoms with Gasteiger partial charge >= 0.3 is 5.97 Å². The Balaban J connectivity index is 0.00000144. The molecule has 0 radical (unpaired) electrons. The maximum absolute atomic E-state index is 10.4. The van der Waals surface area contributed by atoms with Crippen LogP contribution in [0.5, 0.6) is 0 Å². The first-order valence-corrected chi connectivity index (χ1v) is 4.28. The zero-order valence-electron chi connectivity index (χ0n) is 7.10. The molecule has 0 bridgehead atoms. The van der Waals surface area contributed by atoms with Crippen LogP contribution in [0, 0.1) is 0 Å². The molecule has 3 N–H and O–H groups in total. The van der Waals surface area contributed by atoms with Gasteiger partial charge in [0.15, 0.2) is 0 Å². The Morgan fingerprint density at radius 2 is 2.38 bits per heavy atom. The van der Waals surface area contributed by atoms with E-state index in [4.69, 9.17) is 15.6 Å². The number of carboxylic acids is 1. The smallest absolute Gasteiger partial charge is 0.304 e. The number of ether oxygens (including phenoxy) is 1. The SMILES string of the molecule is Cl.NC1CC(S)(CC(=O)O)CCO1. The Bertz CT molecular complexity index is 193. The maximum atomic E-state index is 10.4. The first-order chi connectivity index (χ1) is 5.52. The molecule has 1 saturated heterocycles. The van der Waals surface area contributed by atoms with Crippen molar-refractivity contribution in [2.45, 2.75) is 30.2 Å². The Morgan fingerprint density at radius 1 is 1.77 bits per heavy atom. The van der Waals surface area contributed by atoms with Crippen molar-refractivity contribution in [1.29, 1.82) is 0 Å². The molecule has 0 saturated carbocycles. The Morgan fingerprint density at radius 3 is 2.85 bits per heavy atom. The minimum Gasteiger partial charge on any atom is -0.481 e. The second-order valence-corrected chi connectivity index (χ2v) is 4.11. The first kappa shape index (κ1) is 13.0. The van der Waals surface area contributed by atoms with Crippen molar-refractivity contribution >= 4 is 31.0 Å². The summed E-state index contributed by atoms with van der Waals surface area (Å²) < 4.78 is 4.61. The number of hydrogen-bond acceptors (Lipinski definition) is 4. The summed E-state index contributed by atoms with van der Waals surface area (Å²) in [4.78, 5) is 10.4. The summed E-state index contributed by atoms with van der Waals surface area (Å²) in [5, 5.41) is 8.59. The van der Waals surface area contributed by atoms with Gasteiger partial charge in [0.2, 0.25) is 0 Å². The molecule has 0 amide bonds. The molecule has 0 aliphatic carbocycles. The molecule has 0 aromatic rings. The largest absolute Gasteiger partial charge is 0.481 e. The van der Waals surface area contributed by atoms with E-state index >= 15 is 0 Å².